The van der Waals surface area contributed by atoms with Crippen LogP contribution in [-0.4, -0.2) is 19.3 Å². The zero-order valence-corrected chi connectivity index (χ0v) is 8.92. The van der Waals surface area contributed by atoms with Gasteiger partial charge in [0.05, 0.1) is 6.61 Å². The van der Waals surface area contributed by atoms with Crippen molar-refractivity contribution in [1.29, 1.82) is 0 Å². The number of rotatable bonds is 3. The molecule has 3 heteroatoms. The van der Waals surface area contributed by atoms with E-state index in [1.54, 1.807) is 6.07 Å². The summed E-state index contributed by atoms with van der Waals surface area (Å²) in [5.74, 6) is -0.166. The lowest BCUT2D eigenvalue weighted by atomic mass is 10.1. The molecule has 1 aliphatic rings. The van der Waals surface area contributed by atoms with Crippen LogP contribution in [0.4, 0.5) is 4.39 Å². The lowest BCUT2D eigenvalue weighted by Gasteiger charge is -2.12. The van der Waals surface area contributed by atoms with E-state index in [-0.39, 0.29) is 5.82 Å². The molecule has 2 nitrogen and oxygen atoms in total. The van der Waals surface area contributed by atoms with E-state index in [4.69, 9.17) is 4.74 Å². The molecule has 0 amide bonds. The third-order valence-electron chi connectivity index (χ3n) is 2.82. The van der Waals surface area contributed by atoms with Crippen molar-refractivity contribution in [2.45, 2.75) is 25.9 Å². The summed E-state index contributed by atoms with van der Waals surface area (Å²) in [6.45, 7) is 4.37. The standard InChI is InChI=1S/C12H16FNO/c1-9-6-11(13)3-2-10(9)7-14-12-4-5-15-8-12/h2-3,6,12,14H,4-5,7-8H2,1H3. The van der Waals surface area contributed by atoms with Gasteiger partial charge in [-0.25, -0.2) is 4.39 Å². The van der Waals surface area contributed by atoms with Gasteiger partial charge in [-0.15, -0.1) is 0 Å². The van der Waals surface area contributed by atoms with E-state index in [0.29, 0.717) is 6.04 Å². The maximum absolute atomic E-state index is 12.8. The van der Waals surface area contributed by atoms with Gasteiger partial charge in [0, 0.05) is 19.2 Å². The van der Waals surface area contributed by atoms with E-state index in [1.165, 1.54) is 6.07 Å². The smallest absolute Gasteiger partial charge is 0.123 e. The van der Waals surface area contributed by atoms with Crippen LogP contribution in [0.3, 0.4) is 0 Å². The number of nitrogens with one attached hydrogen (secondary N) is 1. The minimum absolute atomic E-state index is 0.166. The van der Waals surface area contributed by atoms with Crippen molar-refractivity contribution in [2.24, 2.45) is 0 Å². The molecule has 1 fully saturated rings. The quantitative estimate of drug-likeness (QED) is 0.822. The summed E-state index contributed by atoms with van der Waals surface area (Å²) in [5.41, 5.74) is 2.16. The van der Waals surface area contributed by atoms with E-state index in [0.717, 1.165) is 37.3 Å². The van der Waals surface area contributed by atoms with Crippen molar-refractivity contribution < 1.29 is 9.13 Å². The molecule has 15 heavy (non-hydrogen) atoms. The van der Waals surface area contributed by atoms with E-state index >= 15 is 0 Å². The molecule has 2 rings (SSSR count). The molecule has 1 aromatic carbocycles. The minimum Gasteiger partial charge on any atom is -0.380 e. The predicted octanol–water partition coefficient (Wildman–Crippen LogP) is 2.01. The van der Waals surface area contributed by atoms with Gasteiger partial charge in [-0.3, -0.25) is 0 Å². The first-order chi connectivity index (χ1) is 7.25. The van der Waals surface area contributed by atoms with Crippen molar-refractivity contribution >= 4 is 0 Å². The van der Waals surface area contributed by atoms with E-state index in [1.807, 2.05) is 13.0 Å². The van der Waals surface area contributed by atoms with Gasteiger partial charge in [-0.1, -0.05) is 6.07 Å². The third kappa shape index (κ3) is 2.76. The molecule has 1 N–H and O–H groups in total. The molecule has 1 aromatic rings. The molecule has 1 unspecified atom stereocenters. The summed E-state index contributed by atoms with van der Waals surface area (Å²) >= 11 is 0. The summed E-state index contributed by atoms with van der Waals surface area (Å²) < 4.78 is 18.1. The van der Waals surface area contributed by atoms with E-state index in [2.05, 4.69) is 5.32 Å². The van der Waals surface area contributed by atoms with Crippen LogP contribution in [0, 0.1) is 12.7 Å². The normalized spacial score (nSPS) is 20.8. The van der Waals surface area contributed by atoms with Crippen molar-refractivity contribution in [3.05, 3.63) is 35.1 Å². The van der Waals surface area contributed by atoms with Crippen molar-refractivity contribution in [3.8, 4) is 0 Å². The molecule has 1 saturated heterocycles. The highest BCUT2D eigenvalue weighted by molar-refractivity contribution is 5.26. The van der Waals surface area contributed by atoms with Crippen LogP contribution < -0.4 is 5.32 Å². The second kappa shape index (κ2) is 4.73. The first-order valence-corrected chi connectivity index (χ1v) is 5.32. The highest BCUT2D eigenvalue weighted by Crippen LogP contribution is 2.11. The number of aryl methyl sites for hydroxylation is 1. The molecule has 0 aromatic heterocycles. The van der Waals surface area contributed by atoms with Crippen LogP contribution in [0.1, 0.15) is 17.5 Å². The second-order valence-electron chi connectivity index (χ2n) is 4.01. The molecule has 0 spiro atoms. The average Bonchev–Trinajstić information content (AvgIpc) is 2.69. The summed E-state index contributed by atoms with van der Waals surface area (Å²) in [4.78, 5) is 0. The van der Waals surface area contributed by atoms with Crippen molar-refractivity contribution in [2.75, 3.05) is 13.2 Å². The van der Waals surface area contributed by atoms with Crippen LogP contribution in [0.5, 0.6) is 0 Å². The Morgan fingerprint density at radius 2 is 2.40 bits per heavy atom. The van der Waals surface area contributed by atoms with Gasteiger partial charge in [-0.2, -0.15) is 0 Å². The van der Waals surface area contributed by atoms with Crippen LogP contribution in [0.15, 0.2) is 18.2 Å². The van der Waals surface area contributed by atoms with Gasteiger partial charge >= 0.3 is 0 Å². The molecule has 0 bridgehead atoms. The average molecular weight is 209 g/mol. The van der Waals surface area contributed by atoms with E-state index < -0.39 is 0 Å². The molecule has 0 radical (unpaired) electrons. The zero-order chi connectivity index (χ0) is 10.7. The Morgan fingerprint density at radius 1 is 1.53 bits per heavy atom. The van der Waals surface area contributed by atoms with E-state index in [9.17, 15) is 4.39 Å². The highest BCUT2D eigenvalue weighted by Gasteiger charge is 2.14. The molecule has 0 aliphatic carbocycles. The number of ether oxygens (including phenoxy) is 1. The Balaban J connectivity index is 1.92. The van der Waals surface area contributed by atoms with Gasteiger partial charge in [0.15, 0.2) is 0 Å². The topological polar surface area (TPSA) is 21.3 Å². The van der Waals surface area contributed by atoms with Crippen LogP contribution >= 0.6 is 0 Å². The van der Waals surface area contributed by atoms with Crippen molar-refractivity contribution in [1.82, 2.24) is 5.32 Å². The number of halogens is 1. The molecular weight excluding hydrogens is 193 g/mol. The fraction of sp³-hybridized carbons (Fsp3) is 0.500. The van der Waals surface area contributed by atoms with Crippen LogP contribution in [0.25, 0.3) is 0 Å². The summed E-state index contributed by atoms with van der Waals surface area (Å²) in [5, 5.41) is 3.41. The Kier molecular flexibility index (Phi) is 3.34. The Labute approximate surface area is 89.4 Å². The second-order valence-corrected chi connectivity index (χ2v) is 4.01. The zero-order valence-electron chi connectivity index (χ0n) is 8.92. The molecule has 1 atom stereocenters. The summed E-state index contributed by atoms with van der Waals surface area (Å²) in [6.07, 6.45) is 1.07. The monoisotopic (exact) mass is 209 g/mol. The Hall–Kier alpha value is -0.930. The minimum atomic E-state index is -0.166. The molecule has 1 heterocycles. The number of benzene rings is 1. The first kappa shape index (κ1) is 10.6. The van der Waals surface area contributed by atoms with Gasteiger partial charge in [0.1, 0.15) is 5.82 Å². The maximum Gasteiger partial charge on any atom is 0.123 e. The number of hydrogen-bond donors (Lipinski definition) is 1. The summed E-state index contributed by atoms with van der Waals surface area (Å²) in [7, 11) is 0. The lowest BCUT2D eigenvalue weighted by molar-refractivity contribution is 0.190. The van der Waals surface area contributed by atoms with Gasteiger partial charge < -0.3 is 10.1 Å². The Morgan fingerprint density at radius 3 is 3.07 bits per heavy atom. The highest BCUT2D eigenvalue weighted by atomic mass is 19.1. The Bertz CT molecular complexity index is 334. The predicted molar refractivity (Wildman–Crippen MR) is 57.2 cm³/mol. The van der Waals surface area contributed by atoms with Gasteiger partial charge in [0.2, 0.25) is 0 Å². The first-order valence-electron chi connectivity index (χ1n) is 5.32. The van der Waals surface area contributed by atoms with Gasteiger partial charge in [-0.05, 0) is 36.6 Å². The SMILES string of the molecule is Cc1cc(F)ccc1CNC1CCOC1. The van der Waals surface area contributed by atoms with Crippen molar-refractivity contribution in [3.63, 3.8) is 0 Å². The lowest BCUT2D eigenvalue weighted by Crippen LogP contribution is -2.28. The van der Waals surface area contributed by atoms with Gasteiger partial charge in [0.25, 0.3) is 0 Å². The fourth-order valence-corrected chi connectivity index (χ4v) is 1.81. The molecule has 82 valence electrons. The number of hydrogen-bond acceptors (Lipinski definition) is 2. The van der Waals surface area contributed by atoms with Crippen LogP contribution in [-0.2, 0) is 11.3 Å². The largest absolute Gasteiger partial charge is 0.380 e. The molecule has 0 saturated carbocycles. The van der Waals surface area contributed by atoms with Crippen LogP contribution in [0.2, 0.25) is 0 Å². The third-order valence-corrected chi connectivity index (χ3v) is 2.82. The molecule has 1 aliphatic heterocycles. The maximum atomic E-state index is 12.8. The summed E-state index contributed by atoms with van der Waals surface area (Å²) in [6, 6.07) is 5.37. The fourth-order valence-electron chi connectivity index (χ4n) is 1.81. The molecular formula is C12H16FNO.